The molecule has 1 aliphatic carbocycles. The van der Waals surface area contributed by atoms with Crippen molar-refractivity contribution in [2.45, 2.75) is 39.2 Å². The van der Waals surface area contributed by atoms with Gasteiger partial charge in [-0.3, -0.25) is 0 Å². The Hall–Kier alpha value is -1.50. The fourth-order valence-corrected chi connectivity index (χ4v) is 2.15. The molecule has 0 N–H and O–H groups in total. The first kappa shape index (κ1) is 11.6. The van der Waals surface area contributed by atoms with Gasteiger partial charge < -0.3 is 0 Å². The standard InChI is InChI=1S/C11H14N2O2/c1-11(2)4-9(6-12-7-14)3-10(5-11)13-8-15/h6,10H,3-5H2,1-2H3/b9-6+. The van der Waals surface area contributed by atoms with E-state index in [4.69, 9.17) is 0 Å². The highest BCUT2D eigenvalue weighted by molar-refractivity contribution is 5.36. The van der Waals surface area contributed by atoms with E-state index in [0.29, 0.717) is 6.42 Å². The van der Waals surface area contributed by atoms with Crippen LogP contribution in [0.1, 0.15) is 33.1 Å². The van der Waals surface area contributed by atoms with E-state index >= 15 is 0 Å². The van der Waals surface area contributed by atoms with Crippen LogP contribution in [0.4, 0.5) is 0 Å². The summed E-state index contributed by atoms with van der Waals surface area (Å²) in [7, 11) is 0. The van der Waals surface area contributed by atoms with Crippen LogP contribution in [-0.2, 0) is 9.59 Å². The normalized spacial score (nSPS) is 26.5. The van der Waals surface area contributed by atoms with E-state index in [-0.39, 0.29) is 11.5 Å². The topological polar surface area (TPSA) is 58.9 Å². The van der Waals surface area contributed by atoms with E-state index in [9.17, 15) is 9.59 Å². The molecule has 0 aromatic carbocycles. The molecule has 0 heterocycles. The van der Waals surface area contributed by atoms with Gasteiger partial charge in [0.2, 0.25) is 12.2 Å². The van der Waals surface area contributed by atoms with Crippen LogP contribution in [0, 0.1) is 5.41 Å². The number of nitrogens with zero attached hydrogens (tertiary/aromatic N) is 2. The summed E-state index contributed by atoms with van der Waals surface area (Å²) in [5, 5.41) is 0. The van der Waals surface area contributed by atoms with Crippen molar-refractivity contribution in [2.24, 2.45) is 15.4 Å². The molecule has 0 radical (unpaired) electrons. The van der Waals surface area contributed by atoms with Gasteiger partial charge in [0, 0.05) is 6.20 Å². The maximum Gasteiger partial charge on any atom is 0.239 e. The molecule has 1 atom stereocenters. The molecule has 0 bridgehead atoms. The highest BCUT2D eigenvalue weighted by Gasteiger charge is 2.30. The van der Waals surface area contributed by atoms with Crippen molar-refractivity contribution in [1.29, 1.82) is 0 Å². The Kier molecular flexibility index (Phi) is 3.73. The molecule has 0 aromatic rings. The van der Waals surface area contributed by atoms with E-state index < -0.39 is 0 Å². The maximum absolute atomic E-state index is 10.2. The predicted octanol–water partition coefficient (Wildman–Crippen LogP) is 2.12. The Morgan fingerprint density at radius 1 is 1.40 bits per heavy atom. The van der Waals surface area contributed by atoms with Crippen LogP contribution >= 0.6 is 0 Å². The van der Waals surface area contributed by atoms with Crippen LogP contribution < -0.4 is 0 Å². The van der Waals surface area contributed by atoms with Gasteiger partial charge in [0.15, 0.2) is 0 Å². The Labute approximate surface area is 88.8 Å². The SMILES string of the molecule is CC1(C)C/C(=C/N=C=O)CC(N=C=O)C1. The summed E-state index contributed by atoms with van der Waals surface area (Å²) in [6.07, 6.45) is 7.03. The number of hydrogen-bond acceptors (Lipinski definition) is 4. The summed E-state index contributed by atoms with van der Waals surface area (Å²) in [6.45, 7) is 4.22. The van der Waals surface area contributed by atoms with Crippen molar-refractivity contribution >= 4 is 12.2 Å². The molecule has 1 rings (SSSR count). The van der Waals surface area contributed by atoms with Crippen molar-refractivity contribution in [3.05, 3.63) is 11.8 Å². The Morgan fingerprint density at radius 2 is 2.13 bits per heavy atom. The van der Waals surface area contributed by atoms with E-state index in [1.165, 1.54) is 12.3 Å². The highest BCUT2D eigenvalue weighted by atomic mass is 16.1. The Balaban J connectivity index is 2.85. The zero-order valence-electron chi connectivity index (χ0n) is 8.99. The van der Waals surface area contributed by atoms with Crippen molar-refractivity contribution in [3.63, 3.8) is 0 Å². The molecule has 1 saturated carbocycles. The molecular formula is C11H14N2O2. The van der Waals surface area contributed by atoms with Crippen molar-refractivity contribution in [3.8, 4) is 0 Å². The molecule has 15 heavy (non-hydrogen) atoms. The van der Waals surface area contributed by atoms with E-state index in [1.54, 1.807) is 6.08 Å². The van der Waals surface area contributed by atoms with Gasteiger partial charge in [0.1, 0.15) is 0 Å². The molecule has 1 aliphatic rings. The number of hydrogen-bond donors (Lipinski definition) is 0. The first-order valence-corrected chi connectivity index (χ1v) is 4.89. The Morgan fingerprint density at radius 3 is 2.73 bits per heavy atom. The summed E-state index contributed by atoms with van der Waals surface area (Å²) >= 11 is 0. The van der Waals surface area contributed by atoms with Gasteiger partial charge in [-0.15, -0.1) is 0 Å². The first-order valence-electron chi connectivity index (χ1n) is 4.89. The van der Waals surface area contributed by atoms with Crippen molar-refractivity contribution in [2.75, 3.05) is 0 Å². The van der Waals surface area contributed by atoms with Crippen molar-refractivity contribution in [1.82, 2.24) is 0 Å². The van der Waals surface area contributed by atoms with Gasteiger partial charge in [-0.25, -0.2) is 14.6 Å². The lowest BCUT2D eigenvalue weighted by atomic mass is 9.73. The molecule has 0 spiro atoms. The minimum Gasteiger partial charge on any atom is -0.211 e. The van der Waals surface area contributed by atoms with Crippen LogP contribution in [0.25, 0.3) is 0 Å². The van der Waals surface area contributed by atoms with E-state index in [0.717, 1.165) is 18.4 Å². The van der Waals surface area contributed by atoms with Gasteiger partial charge in [0.25, 0.3) is 0 Å². The third-order valence-corrected chi connectivity index (χ3v) is 2.53. The average molecular weight is 206 g/mol. The third kappa shape index (κ3) is 3.62. The largest absolute Gasteiger partial charge is 0.239 e. The molecule has 80 valence electrons. The maximum atomic E-state index is 10.2. The highest BCUT2D eigenvalue weighted by Crippen LogP contribution is 2.39. The zero-order valence-corrected chi connectivity index (χ0v) is 8.99. The number of rotatable bonds is 2. The quantitative estimate of drug-likeness (QED) is 0.513. The molecule has 1 unspecified atom stereocenters. The summed E-state index contributed by atoms with van der Waals surface area (Å²) < 4.78 is 0. The van der Waals surface area contributed by atoms with Gasteiger partial charge >= 0.3 is 0 Å². The summed E-state index contributed by atoms with van der Waals surface area (Å²) in [4.78, 5) is 27.4. The second-order valence-corrected chi connectivity index (χ2v) is 4.63. The van der Waals surface area contributed by atoms with E-state index in [1.807, 2.05) is 0 Å². The minimum atomic E-state index is -0.0284. The summed E-state index contributed by atoms with van der Waals surface area (Å²) in [5.41, 5.74) is 1.13. The van der Waals surface area contributed by atoms with Crippen LogP contribution in [0.5, 0.6) is 0 Å². The van der Waals surface area contributed by atoms with Crippen LogP contribution in [0.2, 0.25) is 0 Å². The summed E-state index contributed by atoms with van der Waals surface area (Å²) in [5.74, 6) is 0. The van der Waals surface area contributed by atoms with Gasteiger partial charge in [0.05, 0.1) is 6.04 Å². The van der Waals surface area contributed by atoms with E-state index in [2.05, 4.69) is 23.8 Å². The average Bonchev–Trinajstić information content (AvgIpc) is 2.13. The number of aliphatic imine (C=N–C) groups is 2. The number of isocyanates is 2. The van der Waals surface area contributed by atoms with Gasteiger partial charge in [-0.2, -0.15) is 4.99 Å². The van der Waals surface area contributed by atoms with Crippen LogP contribution in [0.15, 0.2) is 21.8 Å². The lowest BCUT2D eigenvalue weighted by Crippen LogP contribution is -2.26. The smallest absolute Gasteiger partial charge is 0.211 e. The second kappa shape index (κ2) is 4.83. The molecule has 0 aliphatic heterocycles. The predicted molar refractivity (Wildman–Crippen MR) is 55.7 cm³/mol. The lowest BCUT2D eigenvalue weighted by molar-refractivity contribution is 0.265. The van der Waals surface area contributed by atoms with Gasteiger partial charge in [-0.1, -0.05) is 13.8 Å². The monoisotopic (exact) mass is 206 g/mol. The minimum absolute atomic E-state index is 0.0284. The molecule has 0 aromatic heterocycles. The van der Waals surface area contributed by atoms with Gasteiger partial charge in [-0.05, 0) is 30.3 Å². The summed E-state index contributed by atoms with van der Waals surface area (Å²) in [6, 6.07) is -0.0284. The molecular weight excluding hydrogens is 192 g/mol. The molecule has 0 saturated heterocycles. The first-order chi connectivity index (χ1) is 7.07. The molecule has 4 nitrogen and oxygen atoms in total. The van der Waals surface area contributed by atoms with Crippen molar-refractivity contribution < 1.29 is 9.59 Å². The molecule has 1 fully saturated rings. The molecule has 0 amide bonds. The lowest BCUT2D eigenvalue weighted by Gasteiger charge is -2.34. The molecule has 4 heteroatoms. The number of carbonyl (C=O) groups excluding carboxylic acids is 2. The van der Waals surface area contributed by atoms with Crippen LogP contribution in [-0.4, -0.2) is 18.2 Å². The van der Waals surface area contributed by atoms with Crippen LogP contribution in [0.3, 0.4) is 0 Å². The third-order valence-electron chi connectivity index (χ3n) is 2.53. The fraction of sp³-hybridized carbons (Fsp3) is 0.636. The fourth-order valence-electron chi connectivity index (χ4n) is 2.15. The second-order valence-electron chi connectivity index (χ2n) is 4.63. The zero-order chi connectivity index (χ0) is 11.3. The Bertz CT molecular complexity index is 359.